The summed E-state index contributed by atoms with van der Waals surface area (Å²) in [7, 11) is 0. The molecule has 0 saturated heterocycles. The molecule has 3 heteroatoms. The first-order chi connectivity index (χ1) is 6.77. The number of H-pyrrole nitrogens is 1. The summed E-state index contributed by atoms with van der Waals surface area (Å²) < 4.78 is 0. The number of nitrogens with zero attached hydrogens (tertiary/aromatic N) is 1. The summed E-state index contributed by atoms with van der Waals surface area (Å²) in [5, 5.41) is 0. The van der Waals surface area contributed by atoms with Crippen molar-refractivity contribution in [3.8, 4) is 0 Å². The van der Waals surface area contributed by atoms with E-state index in [0.717, 1.165) is 5.56 Å². The largest absolute Gasteiger partial charge is 0.342 e. The Morgan fingerprint density at radius 2 is 2.29 bits per heavy atom. The molecule has 0 radical (unpaired) electrons. The van der Waals surface area contributed by atoms with Crippen molar-refractivity contribution in [1.29, 1.82) is 0 Å². The topological polar surface area (TPSA) is 45.8 Å². The Morgan fingerprint density at radius 3 is 2.93 bits per heavy atom. The molecule has 1 heterocycles. The molecule has 1 aromatic carbocycles. The minimum Gasteiger partial charge on any atom is -0.342 e. The Hall–Kier alpha value is -1.90. The van der Waals surface area contributed by atoms with E-state index in [9.17, 15) is 4.79 Å². The van der Waals surface area contributed by atoms with Gasteiger partial charge in [0.15, 0.2) is 0 Å². The number of carbonyl (C=O) groups is 1. The van der Waals surface area contributed by atoms with Crippen LogP contribution in [0, 0.1) is 6.92 Å². The fourth-order valence-corrected chi connectivity index (χ4v) is 1.32. The fraction of sp³-hybridized carbons (Fsp3) is 0.0909. The monoisotopic (exact) mass is 186 g/mol. The quantitative estimate of drug-likeness (QED) is 0.728. The lowest BCUT2D eigenvalue weighted by Crippen LogP contribution is -2.01. The number of rotatable bonds is 2. The molecule has 14 heavy (non-hydrogen) atoms. The lowest BCUT2D eigenvalue weighted by Gasteiger charge is -1.98. The van der Waals surface area contributed by atoms with Gasteiger partial charge in [-0.3, -0.25) is 4.79 Å². The van der Waals surface area contributed by atoms with E-state index in [4.69, 9.17) is 0 Å². The van der Waals surface area contributed by atoms with Gasteiger partial charge in [0.2, 0.25) is 5.78 Å². The van der Waals surface area contributed by atoms with Gasteiger partial charge in [0.1, 0.15) is 5.69 Å². The average molecular weight is 186 g/mol. The maximum absolute atomic E-state index is 11.8. The molecular formula is C11H10N2O. The fourth-order valence-electron chi connectivity index (χ4n) is 1.32. The third-order valence-electron chi connectivity index (χ3n) is 2.02. The molecule has 0 fully saturated rings. The summed E-state index contributed by atoms with van der Waals surface area (Å²) >= 11 is 0. The molecular weight excluding hydrogens is 176 g/mol. The first-order valence-corrected chi connectivity index (χ1v) is 4.37. The van der Waals surface area contributed by atoms with E-state index >= 15 is 0 Å². The normalized spacial score (nSPS) is 10.1. The summed E-state index contributed by atoms with van der Waals surface area (Å²) in [5.74, 6) is -0.0220. The molecule has 0 aliphatic heterocycles. The van der Waals surface area contributed by atoms with Crippen molar-refractivity contribution in [2.75, 3.05) is 0 Å². The van der Waals surface area contributed by atoms with E-state index in [1.54, 1.807) is 6.07 Å². The van der Waals surface area contributed by atoms with Gasteiger partial charge in [-0.15, -0.1) is 0 Å². The first kappa shape index (κ1) is 8.69. The summed E-state index contributed by atoms with van der Waals surface area (Å²) in [5.41, 5.74) is 2.29. The second-order valence-electron chi connectivity index (χ2n) is 3.16. The smallest absolute Gasteiger partial charge is 0.210 e. The van der Waals surface area contributed by atoms with Gasteiger partial charge in [0, 0.05) is 5.56 Å². The number of imidazole rings is 1. The second kappa shape index (κ2) is 3.46. The number of hydrogen-bond acceptors (Lipinski definition) is 2. The summed E-state index contributed by atoms with van der Waals surface area (Å²) in [6.07, 6.45) is 3.04. The zero-order valence-electron chi connectivity index (χ0n) is 7.82. The molecule has 0 amide bonds. The molecule has 2 aromatic rings. The van der Waals surface area contributed by atoms with Gasteiger partial charge >= 0.3 is 0 Å². The van der Waals surface area contributed by atoms with E-state index in [-0.39, 0.29) is 5.78 Å². The van der Waals surface area contributed by atoms with Gasteiger partial charge in [0.25, 0.3) is 0 Å². The molecule has 0 atom stereocenters. The average Bonchev–Trinajstić information content (AvgIpc) is 2.69. The molecule has 0 spiro atoms. The number of aryl methyl sites for hydroxylation is 1. The molecule has 0 aliphatic carbocycles. The number of benzene rings is 1. The van der Waals surface area contributed by atoms with Crippen LogP contribution in [-0.4, -0.2) is 15.8 Å². The zero-order valence-corrected chi connectivity index (χ0v) is 7.82. The molecule has 2 rings (SSSR count). The Bertz CT molecular complexity index is 446. The van der Waals surface area contributed by atoms with Crippen molar-refractivity contribution >= 4 is 5.78 Å². The number of aromatic nitrogens is 2. The zero-order chi connectivity index (χ0) is 9.97. The van der Waals surface area contributed by atoms with Crippen molar-refractivity contribution in [1.82, 2.24) is 9.97 Å². The van der Waals surface area contributed by atoms with Crippen LogP contribution >= 0.6 is 0 Å². The third kappa shape index (κ3) is 1.57. The van der Waals surface area contributed by atoms with E-state index in [1.807, 2.05) is 25.1 Å². The summed E-state index contributed by atoms with van der Waals surface area (Å²) in [6, 6.07) is 7.50. The number of hydrogen-bond donors (Lipinski definition) is 1. The van der Waals surface area contributed by atoms with Gasteiger partial charge in [-0.25, -0.2) is 4.98 Å². The molecule has 3 nitrogen and oxygen atoms in total. The molecule has 70 valence electrons. The highest BCUT2D eigenvalue weighted by atomic mass is 16.1. The summed E-state index contributed by atoms with van der Waals surface area (Å²) in [4.78, 5) is 18.4. The Morgan fingerprint density at radius 1 is 1.43 bits per heavy atom. The van der Waals surface area contributed by atoms with Gasteiger partial charge in [-0.2, -0.15) is 0 Å². The third-order valence-corrected chi connectivity index (χ3v) is 2.02. The van der Waals surface area contributed by atoms with Gasteiger partial charge in [-0.1, -0.05) is 23.8 Å². The number of ketones is 1. The number of nitrogens with one attached hydrogen (secondary N) is 1. The van der Waals surface area contributed by atoms with Crippen molar-refractivity contribution in [3.05, 3.63) is 53.6 Å². The Labute approximate surface area is 81.8 Å². The van der Waals surface area contributed by atoms with Crippen LogP contribution < -0.4 is 0 Å². The molecule has 1 aromatic heterocycles. The number of aromatic amines is 1. The maximum Gasteiger partial charge on any atom is 0.210 e. The predicted octanol–water partition coefficient (Wildman–Crippen LogP) is 1.95. The molecule has 0 bridgehead atoms. The first-order valence-electron chi connectivity index (χ1n) is 4.37. The minimum absolute atomic E-state index is 0.0220. The van der Waals surface area contributed by atoms with Crippen molar-refractivity contribution in [3.63, 3.8) is 0 Å². The van der Waals surface area contributed by atoms with Crippen LogP contribution in [0.4, 0.5) is 0 Å². The second-order valence-corrected chi connectivity index (χ2v) is 3.16. The van der Waals surface area contributed by atoms with Crippen LogP contribution in [-0.2, 0) is 0 Å². The predicted molar refractivity (Wildman–Crippen MR) is 53.2 cm³/mol. The molecule has 0 aliphatic rings. The van der Waals surface area contributed by atoms with Crippen LogP contribution in [0.1, 0.15) is 21.6 Å². The molecule has 0 saturated carbocycles. The number of carbonyl (C=O) groups excluding carboxylic acids is 1. The maximum atomic E-state index is 11.8. The van der Waals surface area contributed by atoms with Gasteiger partial charge in [0.05, 0.1) is 12.5 Å². The van der Waals surface area contributed by atoms with Crippen molar-refractivity contribution in [2.24, 2.45) is 0 Å². The van der Waals surface area contributed by atoms with E-state index in [0.29, 0.717) is 11.3 Å². The van der Waals surface area contributed by atoms with E-state index < -0.39 is 0 Å². The van der Waals surface area contributed by atoms with Crippen LogP contribution in [0.5, 0.6) is 0 Å². The standard InChI is InChI=1S/C11H10N2O/c1-8-3-2-4-9(5-8)11(14)10-6-12-7-13-10/h2-7H,1H3,(H,12,13). The SMILES string of the molecule is Cc1cccc(C(=O)c2cnc[nH]2)c1. The highest BCUT2D eigenvalue weighted by Crippen LogP contribution is 2.08. The Kier molecular flexibility index (Phi) is 2.14. The van der Waals surface area contributed by atoms with Crippen LogP contribution in [0.15, 0.2) is 36.8 Å². The van der Waals surface area contributed by atoms with Gasteiger partial charge < -0.3 is 4.98 Å². The summed E-state index contributed by atoms with van der Waals surface area (Å²) in [6.45, 7) is 1.96. The highest BCUT2D eigenvalue weighted by Gasteiger charge is 2.09. The van der Waals surface area contributed by atoms with Crippen LogP contribution in [0.2, 0.25) is 0 Å². The van der Waals surface area contributed by atoms with Crippen molar-refractivity contribution < 1.29 is 4.79 Å². The van der Waals surface area contributed by atoms with Crippen LogP contribution in [0.3, 0.4) is 0 Å². The molecule has 1 N–H and O–H groups in total. The highest BCUT2D eigenvalue weighted by molar-refractivity contribution is 6.07. The minimum atomic E-state index is -0.0220. The lowest BCUT2D eigenvalue weighted by molar-refractivity contribution is 0.103. The van der Waals surface area contributed by atoms with E-state index in [2.05, 4.69) is 9.97 Å². The molecule has 0 unspecified atom stereocenters. The Balaban J connectivity index is 2.37. The van der Waals surface area contributed by atoms with Crippen LogP contribution in [0.25, 0.3) is 0 Å². The van der Waals surface area contributed by atoms with E-state index in [1.165, 1.54) is 12.5 Å². The lowest BCUT2D eigenvalue weighted by atomic mass is 10.1. The van der Waals surface area contributed by atoms with Gasteiger partial charge in [-0.05, 0) is 13.0 Å². The van der Waals surface area contributed by atoms with Crippen molar-refractivity contribution in [2.45, 2.75) is 6.92 Å².